The maximum Gasteiger partial charge on any atom is 0.416 e. The van der Waals surface area contributed by atoms with E-state index in [1.54, 1.807) is 0 Å². The third-order valence-corrected chi connectivity index (χ3v) is 2.83. The number of benzene rings is 1. The van der Waals surface area contributed by atoms with E-state index in [-0.39, 0.29) is 18.3 Å². The van der Waals surface area contributed by atoms with Crippen molar-refractivity contribution in [3.05, 3.63) is 35.4 Å². The summed E-state index contributed by atoms with van der Waals surface area (Å²) in [5.74, 6) is 0. The summed E-state index contributed by atoms with van der Waals surface area (Å²) in [5, 5.41) is 9.84. The van der Waals surface area contributed by atoms with Crippen molar-refractivity contribution in [1.29, 1.82) is 0 Å². The van der Waals surface area contributed by atoms with E-state index >= 15 is 0 Å². The van der Waals surface area contributed by atoms with Gasteiger partial charge in [0.05, 0.1) is 18.3 Å². The Kier molecular flexibility index (Phi) is 5.82. The minimum atomic E-state index is -4.40. The van der Waals surface area contributed by atoms with Crippen LogP contribution in [0.5, 0.6) is 0 Å². The zero-order chi connectivity index (χ0) is 14.5. The highest BCUT2D eigenvalue weighted by atomic mass is 19.4. The van der Waals surface area contributed by atoms with Crippen molar-refractivity contribution >= 4 is 0 Å². The average Bonchev–Trinajstić information content (AvgIpc) is 2.35. The molecule has 0 heterocycles. The molecule has 108 valence electrons. The molecular formula is C14H19F3O2. The van der Waals surface area contributed by atoms with E-state index in [2.05, 4.69) is 0 Å². The smallest absolute Gasteiger partial charge is 0.386 e. The number of hydrogen-bond acceptors (Lipinski definition) is 2. The molecule has 0 saturated heterocycles. The minimum Gasteiger partial charge on any atom is -0.386 e. The molecule has 1 N–H and O–H groups in total. The highest BCUT2D eigenvalue weighted by Crippen LogP contribution is 2.30. The lowest BCUT2D eigenvalue weighted by atomic mass is 10.1. The van der Waals surface area contributed by atoms with Crippen molar-refractivity contribution in [2.45, 2.75) is 45.1 Å². The lowest BCUT2D eigenvalue weighted by Gasteiger charge is -2.17. The predicted molar refractivity (Wildman–Crippen MR) is 66.7 cm³/mol. The van der Waals surface area contributed by atoms with Gasteiger partial charge in [-0.25, -0.2) is 0 Å². The van der Waals surface area contributed by atoms with E-state index in [0.29, 0.717) is 0 Å². The van der Waals surface area contributed by atoms with Crippen LogP contribution in [0.1, 0.15) is 43.9 Å². The second kappa shape index (κ2) is 6.91. The van der Waals surface area contributed by atoms with Crippen molar-refractivity contribution in [2.24, 2.45) is 0 Å². The van der Waals surface area contributed by atoms with Gasteiger partial charge in [-0.1, -0.05) is 25.5 Å². The van der Waals surface area contributed by atoms with Gasteiger partial charge in [-0.2, -0.15) is 13.2 Å². The zero-order valence-corrected chi connectivity index (χ0v) is 11.1. The van der Waals surface area contributed by atoms with Gasteiger partial charge in [-0.05, 0) is 31.0 Å². The van der Waals surface area contributed by atoms with Crippen molar-refractivity contribution < 1.29 is 23.0 Å². The van der Waals surface area contributed by atoms with E-state index in [4.69, 9.17) is 4.74 Å². The first-order valence-electron chi connectivity index (χ1n) is 6.31. The molecule has 5 heteroatoms. The van der Waals surface area contributed by atoms with Gasteiger partial charge in [-0.3, -0.25) is 0 Å². The van der Waals surface area contributed by atoms with Crippen LogP contribution in [0.3, 0.4) is 0 Å². The number of alkyl halides is 3. The Morgan fingerprint density at radius 3 is 2.58 bits per heavy atom. The van der Waals surface area contributed by atoms with E-state index in [1.165, 1.54) is 12.1 Å². The second-order valence-corrected chi connectivity index (χ2v) is 4.57. The highest BCUT2D eigenvalue weighted by molar-refractivity contribution is 5.27. The van der Waals surface area contributed by atoms with Gasteiger partial charge in [0.1, 0.15) is 6.10 Å². The molecule has 2 nitrogen and oxygen atoms in total. The number of ether oxygens (including phenoxy) is 1. The zero-order valence-electron chi connectivity index (χ0n) is 11.1. The molecule has 1 aromatic carbocycles. The molecule has 19 heavy (non-hydrogen) atoms. The lowest BCUT2D eigenvalue weighted by molar-refractivity contribution is -0.137. The van der Waals surface area contributed by atoms with E-state index in [1.807, 2.05) is 13.8 Å². The maximum absolute atomic E-state index is 12.5. The fraction of sp³-hybridized carbons (Fsp3) is 0.571. The Balaban J connectivity index is 2.64. The summed E-state index contributed by atoms with van der Waals surface area (Å²) in [6, 6.07) is 4.69. The summed E-state index contributed by atoms with van der Waals surface area (Å²) in [7, 11) is 0. The Hall–Kier alpha value is -1.07. The Morgan fingerprint density at radius 2 is 2.00 bits per heavy atom. The summed E-state index contributed by atoms with van der Waals surface area (Å²) in [6.07, 6.45) is -3.63. The van der Waals surface area contributed by atoms with Gasteiger partial charge in [0.2, 0.25) is 0 Å². The molecule has 0 aromatic heterocycles. The first kappa shape index (κ1) is 16.0. The SMILES string of the molecule is CCCC(C)OCC(O)c1cccc(C(F)(F)F)c1. The van der Waals surface area contributed by atoms with Crippen molar-refractivity contribution in [1.82, 2.24) is 0 Å². The maximum atomic E-state index is 12.5. The predicted octanol–water partition coefficient (Wildman–Crippen LogP) is 3.94. The van der Waals surface area contributed by atoms with Crippen LogP contribution in [0.25, 0.3) is 0 Å². The number of hydrogen-bond donors (Lipinski definition) is 1. The average molecular weight is 276 g/mol. The summed E-state index contributed by atoms with van der Waals surface area (Å²) in [5.41, 5.74) is -0.538. The van der Waals surface area contributed by atoms with E-state index in [0.717, 1.165) is 25.0 Å². The van der Waals surface area contributed by atoms with Gasteiger partial charge < -0.3 is 9.84 Å². The molecule has 2 atom stereocenters. The number of aliphatic hydroxyl groups is 1. The molecule has 0 fully saturated rings. The molecule has 0 amide bonds. The standard InChI is InChI=1S/C14H19F3O2/c1-3-5-10(2)19-9-13(18)11-6-4-7-12(8-11)14(15,16)17/h4,6-8,10,13,18H,3,5,9H2,1-2H3. The van der Waals surface area contributed by atoms with E-state index < -0.39 is 17.8 Å². The van der Waals surface area contributed by atoms with Crippen LogP contribution in [-0.4, -0.2) is 17.8 Å². The third-order valence-electron chi connectivity index (χ3n) is 2.83. The van der Waals surface area contributed by atoms with Crippen molar-refractivity contribution in [3.8, 4) is 0 Å². The topological polar surface area (TPSA) is 29.5 Å². The number of halogens is 3. The van der Waals surface area contributed by atoms with Gasteiger partial charge in [-0.15, -0.1) is 0 Å². The number of rotatable bonds is 6. The summed E-state index contributed by atoms with van der Waals surface area (Å²) in [6.45, 7) is 3.90. The summed E-state index contributed by atoms with van der Waals surface area (Å²) >= 11 is 0. The first-order chi connectivity index (χ1) is 8.84. The van der Waals surface area contributed by atoms with Crippen molar-refractivity contribution in [3.63, 3.8) is 0 Å². The summed E-state index contributed by atoms with van der Waals surface area (Å²) in [4.78, 5) is 0. The van der Waals surface area contributed by atoms with E-state index in [9.17, 15) is 18.3 Å². The Labute approximate surface area is 111 Å². The quantitative estimate of drug-likeness (QED) is 0.852. The van der Waals surface area contributed by atoms with Crippen LogP contribution < -0.4 is 0 Å². The second-order valence-electron chi connectivity index (χ2n) is 4.57. The Bertz CT molecular complexity index is 391. The molecule has 2 unspecified atom stereocenters. The fourth-order valence-corrected chi connectivity index (χ4v) is 1.76. The molecule has 1 rings (SSSR count). The third kappa shape index (κ3) is 5.20. The van der Waals surface area contributed by atoms with Crippen LogP contribution >= 0.6 is 0 Å². The molecule has 0 bridgehead atoms. The molecule has 0 aliphatic heterocycles. The van der Waals surface area contributed by atoms with Crippen LogP contribution in [0.2, 0.25) is 0 Å². The largest absolute Gasteiger partial charge is 0.416 e. The van der Waals surface area contributed by atoms with Crippen LogP contribution in [0.4, 0.5) is 13.2 Å². The fourth-order valence-electron chi connectivity index (χ4n) is 1.76. The summed E-state index contributed by atoms with van der Waals surface area (Å²) < 4.78 is 43.0. The molecular weight excluding hydrogens is 257 g/mol. The lowest BCUT2D eigenvalue weighted by Crippen LogP contribution is -2.15. The van der Waals surface area contributed by atoms with Crippen LogP contribution in [-0.2, 0) is 10.9 Å². The highest BCUT2D eigenvalue weighted by Gasteiger charge is 2.30. The number of aliphatic hydroxyl groups excluding tert-OH is 1. The molecule has 0 radical (unpaired) electrons. The molecule has 0 aliphatic carbocycles. The molecule has 0 saturated carbocycles. The molecule has 0 aliphatic rings. The van der Waals surface area contributed by atoms with Gasteiger partial charge in [0, 0.05) is 0 Å². The molecule has 0 spiro atoms. The Morgan fingerprint density at radius 1 is 1.32 bits per heavy atom. The first-order valence-corrected chi connectivity index (χ1v) is 6.31. The normalized spacial score (nSPS) is 15.3. The van der Waals surface area contributed by atoms with Gasteiger partial charge in [0.25, 0.3) is 0 Å². The van der Waals surface area contributed by atoms with Gasteiger partial charge in [0.15, 0.2) is 0 Å². The molecule has 1 aromatic rings. The monoisotopic (exact) mass is 276 g/mol. The van der Waals surface area contributed by atoms with Gasteiger partial charge >= 0.3 is 6.18 Å². The van der Waals surface area contributed by atoms with Crippen molar-refractivity contribution in [2.75, 3.05) is 6.61 Å². The van der Waals surface area contributed by atoms with Crippen LogP contribution in [0, 0.1) is 0 Å². The minimum absolute atomic E-state index is 0.00246. The van der Waals surface area contributed by atoms with Crippen LogP contribution in [0.15, 0.2) is 24.3 Å².